The minimum Gasteiger partial charge on any atom is -0.545 e. The van der Waals surface area contributed by atoms with Crippen LogP contribution in [0.25, 0.3) is 0 Å². The summed E-state index contributed by atoms with van der Waals surface area (Å²) in [6.07, 6.45) is 94.2. The summed E-state index contributed by atoms with van der Waals surface area (Å²) in [7, 11) is 5.96. The number of unbranched alkanes of at least 4 members (excludes halogenated alkanes) is 68. The number of ether oxygens (including phenoxy) is 4. The molecule has 0 radical (unpaired) electrons. The van der Waals surface area contributed by atoms with E-state index in [4.69, 9.17) is 18.9 Å². The van der Waals surface area contributed by atoms with Gasteiger partial charge >= 0.3 is 11.9 Å². The van der Waals surface area contributed by atoms with Gasteiger partial charge in [-0.25, -0.2) is 0 Å². The van der Waals surface area contributed by atoms with E-state index < -0.39 is 24.3 Å². The molecule has 0 aliphatic carbocycles. The number of carboxylic acid groups (broad SMARTS) is 1. The van der Waals surface area contributed by atoms with E-state index in [0.717, 1.165) is 38.5 Å². The second-order valence-electron chi connectivity index (χ2n) is 31.2. The van der Waals surface area contributed by atoms with Crippen molar-refractivity contribution >= 4 is 17.9 Å². The van der Waals surface area contributed by atoms with Crippen LogP contribution in [0.4, 0.5) is 0 Å². The summed E-state index contributed by atoms with van der Waals surface area (Å²) in [6.45, 7) is 4.86. The van der Waals surface area contributed by atoms with Crippen LogP contribution in [0.15, 0.2) is 0 Å². The van der Waals surface area contributed by atoms with Crippen LogP contribution in [-0.2, 0) is 33.3 Å². The van der Waals surface area contributed by atoms with Crippen LogP contribution >= 0.6 is 0 Å². The lowest BCUT2D eigenvalue weighted by Gasteiger charge is -2.26. The average molecular weight is 1350 g/mol. The smallest absolute Gasteiger partial charge is 0.306 e. The molecule has 2 unspecified atom stereocenters. The molecule has 0 saturated carbocycles. The molecule has 0 rings (SSSR count). The zero-order chi connectivity index (χ0) is 69.0. The monoisotopic (exact) mass is 1340 g/mol. The van der Waals surface area contributed by atoms with Gasteiger partial charge in [-0.05, 0) is 12.8 Å². The van der Waals surface area contributed by atoms with Crippen molar-refractivity contribution in [2.24, 2.45) is 0 Å². The summed E-state index contributed by atoms with van der Waals surface area (Å²) in [5, 5.41) is 11.9. The second-order valence-corrected chi connectivity index (χ2v) is 31.2. The lowest BCUT2D eigenvalue weighted by Crippen LogP contribution is -2.44. The molecule has 0 aromatic rings. The van der Waals surface area contributed by atoms with Crippen molar-refractivity contribution in [1.29, 1.82) is 0 Å². The third kappa shape index (κ3) is 79.5. The number of carbonyl (C=O) groups is 3. The number of quaternary nitrogens is 1. The van der Waals surface area contributed by atoms with Gasteiger partial charge in [-0.2, -0.15) is 0 Å². The fraction of sp³-hybridized carbons (Fsp3) is 0.965. The average Bonchev–Trinajstić information content (AvgIpc) is 3.54. The highest BCUT2D eigenvalue weighted by Gasteiger charge is 2.22. The van der Waals surface area contributed by atoms with Gasteiger partial charge in [0, 0.05) is 12.8 Å². The number of carboxylic acids is 1. The molecule has 0 aliphatic heterocycles. The van der Waals surface area contributed by atoms with E-state index in [-0.39, 0.29) is 32.2 Å². The lowest BCUT2D eigenvalue weighted by molar-refractivity contribution is -0.870. The van der Waals surface area contributed by atoms with E-state index in [1.54, 1.807) is 0 Å². The Hall–Kier alpha value is -1.71. The fourth-order valence-corrected chi connectivity index (χ4v) is 13.8. The van der Waals surface area contributed by atoms with Gasteiger partial charge in [-0.3, -0.25) is 9.59 Å². The molecule has 0 saturated heterocycles. The summed E-state index contributed by atoms with van der Waals surface area (Å²) >= 11 is 0. The van der Waals surface area contributed by atoms with E-state index in [9.17, 15) is 19.5 Å². The molecule has 0 aliphatic rings. The van der Waals surface area contributed by atoms with E-state index in [2.05, 4.69) is 13.8 Å². The maximum atomic E-state index is 13.0. The quantitative estimate of drug-likeness (QED) is 0.0256. The molecule has 9 nitrogen and oxygen atoms in total. The highest BCUT2D eigenvalue weighted by molar-refractivity contribution is 5.70. The number of nitrogens with zero attached hydrogens (tertiary/aromatic N) is 1. The van der Waals surface area contributed by atoms with Crippen molar-refractivity contribution in [3.05, 3.63) is 0 Å². The third-order valence-corrected chi connectivity index (χ3v) is 20.4. The van der Waals surface area contributed by atoms with Gasteiger partial charge in [0.25, 0.3) is 0 Å². The van der Waals surface area contributed by atoms with Crippen molar-refractivity contribution < 1.29 is 42.9 Å². The van der Waals surface area contributed by atoms with Gasteiger partial charge in [0.05, 0.1) is 40.3 Å². The molecular formula is C86H169NO8. The molecule has 0 amide bonds. The zero-order valence-electron chi connectivity index (χ0n) is 65.1. The molecule has 9 heteroatoms. The van der Waals surface area contributed by atoms with Crippen LogP contribution in [-0.4, -0.2) is 82.3 Å². The topological polar surface area (TPSA) is 111 Å². The van der Waals surface area contributed by atoms with Gasteiger partial charge in [0.15, 0.2) is 12.4 Å². The lowest BCUT2D eigenvalue weighted by atomic mass is 10.0. The van der Waals surface area contributed by atoms with Crippen LogP contribution in [0.1, 0.15) is 476 Å². The molecule has 2 atom stereocenters. The van der Waals surface area contributed by atoms with Crippen LogP contribution in [0, 0.1) is 0 Å². The molecule has 95 heavy (non-hydrogen) atoms. The van der Waals surface area contributed by atoms with Crippen LogP contribution in [0.5, 0.6) is 0 Å². The van der Waals surface area contributed by atoms with E-state index in [0.29, 0.717) is 17.4 Å². The first kappa shape index (κ1) is 93.3. The highest BCUT2D eigenvalue weighted by Crippen LogP contribution is 2.21. The molecule has 0 aromatic carbocycles. The van der Waals surface area contributed by atoms with Crippen molar-refractivity contribution in [2.45, 2.75) is 489 Å². The Balaban J connectivity index is 3.88. The summed E-state index contributed by atoms with van der Waals surface area (Å²) in [6, 6.07) is 0. The maximum absolute atomic E-state index is 13.0. The molecule has 0 heterocycles. The molecular weight excluding hydrogens is 1170 g/mol. The molecule has 0 aromatic heterocycles. The minimum atomic E-state index is -1.62. The SMILES string of the molecule is CCCCCCCCCCCCCCCCCCCCCCCCCCCCCCCCCCCCCCCCCCCC(=O)OC(COC(=O)CCCCCCCCCCCCCCCCCCCCCCCCCCCCCCC)COC(OCC[N+](C)(C)C)C(=O)[O-]. The molecule has 0 N–H and O–H groups in total. The van der Waals surface area contributed by atoms with E-state index in [1.165, 1.54) is 411 Å². The number of esters is 2. The predicted molar refractivity (Wildman–Crippen MR) is 408 cm³/mol. The Morgan fingerprint density at radius 3 is 0.674 bits per heavy atom. The number of likely N-dealkylation sites (N-methyl/N-ethyl adjacent to an activating group) is 1. The van der Waals surface area contributed by atoms with Gasteiger partial charge in [-0.1, -0.05) is 450 Å². The zero-order valence-corrected chi connectivity index (χ0v) is 65.1. The van der Waals surface area contributed by atoms with Crippen LogP contribution in [0.2, 0.25) is 0 Å². The molecule has 566 valence electrons. The maximum Gasteiger partial charge on any atom is 0.306 e. The Morgan fingerprint density at radius 1 is 0.274 bits per heavy atom. The second kappa shape index (κ2) is 78.0. The summed E-state index contributed by atoms with van der Waals surface area (Å²) < 4.78 is 22.9. The normalized spacial score (nSPS) is 12.5. The summed E-state index contributed by atoms with van der Waals surface area (Å²) in [5.41, 5.74) is 0. The van der Waals surface area contributed by atoms with Gasteiger partial charge < -0.3 is 33.3 Å². The predicted octanol–water partition coefficient (Wildman–Crippen LogP) is 26.4. The highest BCUT2D eigenvalue weighted by atomic mass is 16.7. The van der Waals surface area contributed by atoms with E-state index in [1.807, 2.05) is 21.1 Å². The summed E-state index contributed by atoms with van der Waals surface area (Å²) in [4.78, 5) is 37.6. The van der Waals surface area contributed by atoms with Gasteiger partial charge in [0.2, 0.25) is 0 Å². The fourth-order valence-electron chi connectivity index (χ4n) is 13.8. The van der Waals surface area contributed by atoms with Gasteiger partial charge in [-0.15, -0.1) is 0 Å². The number of hydrogen-bond acceptors (Lipinski definition) is 8. The first-order valence-electron chi connectivity index (χ1n) is 43.2. The first-order chi connectivity index (χ1) is 46.6. The third-order valence-electron chi connectivity index (χ3n) is 20.4. The number of hydrogen-bond donors (Lipinski definition) is 0. The Bertz CT molecular complexity index is 1520. The van der Waals surface area contributed by atoms with E-state index >= 15 is 0 Å². The molecule has 0 spiro atoms. The number of carbonyl (C=O) groups excluding carboxylic acids is 3. The summed E-state index contributed by atoms with van der Waals surface area (Å²) in [5.74, 6) is -2.24. The standard InChI is InChI=1S/C86H169NO8/c1-6-8-10-12-14-16-18-20-22-24-26-28-30-32-34-36-37-38-39-40-41-42-43-44-45-46-47-49-51-53-55-57-59-61-63-65-67-69-71-73-75-77-84(89)95-82(81-94-86(85(90)91)92-79-78-87(3,4)5)80-93-83(88)76-74-72-70-68-66-64-62-60-58-56-54-52-50-48-35-33-31-29-27-25-23-21-19-17-15-13-11-9-7-2/h82,86H,6-81H2,1-5H3. The van der Waals surface area contributed by atoms with Crippen molar-refractivity contribution in [3.8, 4) is 0 Å². The number of aliphatic carboxylic acids is 1. The van der Waals surface area contributed by atoms with Crippen molar-refractivity contribution in [1.82, 2.24) is 0 Å². The van der Waals surface area contributed by atoms with Crippen LogP contribution < -0.4 is 5.11 Å². The number of rotatable bonds is 83. The molecule has 0 fully saturated rings. The van der Waals surface area contributed by atoms with Gasteiger partial charge in [0.1, 0.15) is 13.2 Å². The largest absolute Gasteiger partial charge is 0.545 e. The Kier molecular flexibility index (Phi) is 76.6. The Morgan fingerprint density at radius 2 is 0.474 bits per heavy atom. The minimum absolute atomic E-state index is 0.154. The molecule has 0 bridgehead atoms. The Labute approximate surface area is 593 Å². The van der Waals surface area contributed by atoms with Crippen molar-refractivity contribution in [2.75, 3.05) is 47.5 Å². The first-order valence-corrected chi connectivity index (χ1v) is 43.2. The van der Waals surface area contributed by atoms with Crippen molar-refractivity contribution in [3.63, 3.8) is 0 Å². The van der Waals surface area contributed by atoms with Crippen LogP contribution in [0.3, 0.4) is 0 Å².